The second-order valence-electron chi connectivity index (χ2n) is 3.69. The monoisotopic (exact) mass is 404 g/mol. The van der Waals surface area contributed by atoms with Crippen LogP contribution < -0.4 is 5.11 Å². The Labute approximate surface area is 133 Å². The zero-order chi connectivity index (χ0) is 14.0. The quantitative estimate of drug-likeness (QED) is 0.431. The Hall–Kier alpha value is -0.930. The van der Waals surface area contributed by atoms with E-state index in [4.69, 9.17) is 12.2 Å². The molecule has 0 aromatic heterocycles. The molecule has 0 unspecified atom stereocenters. The molecule has 98 valence electrons. The number of aliphatic carboxylic acids is 1. The molecule has 4 nitrogen and oxygen atoms in total. The highest BCUT2D eigenvalue weighted by molar-refractivity contribution is 14.1. The van der Waals surface area contributed by atoms with Crippen molar-refractivity contribution in [1.82, 2.24) is 4.90 Å². The summed E-state index contributed by atoms with van der Waals surface area (Å²) < 4.78 is 1.29. The van der Waals surface area contributed by atoms with E-state index in [-0.39, 0.29) is 4.32 Å². The van der Waals surface area contributed by atoms with Gasteiger partial charge in [0.15, 0.2) is 0 Å². The molecule has 0 bridgehead atoms. The minimum atomic E-state index is -1.33. The van der Waals surface area contributed by atoms with Gasteiger partial charge in [0.05, 0.1) is 17.4 Å². The number of carboxylic acid groups (broad SMARTS) is 1. The maximum Gasteiger partial charge on any atom is 0.266 e. The van der Waals surface area contributed by atoms with Gasteiger partial charge in [-0.3, -0.25) is 9.69 Å². The smallest absolute Gasteiger partial charge is 0.266 e. The van der Waals surface area contributed by atoms with Crippen LogP contribution in [0.2, 0.25) is 0 Å². The van der Waals surface area contributed by atoms with Crippen molar-refractivity contribution in [1.29, 1.82) is 0 Å². The summed E-state index contributed by atoms with van der Waals surface area (Å²) in [5.41, 5.74) is 0.876. The fourth-order valence-electron chi connectivity index (χ4n) is 1.51. The second-order valence-corrected chi connectivity index (χ2v) is 6.62. The van der Waals surface area contributed by atoms with Gasteiger partial charge in [-0.1, -0.05) is 36.1 Å². The Morgan fingerprint density at radius 3 is 2.89 bits per heavy atom. The molecule has 1 amide bonds. The van der Waals surface area contributed by atoms with Gasteiger partial charge in [-0.2, -0.15) is 0 Å². The number of amides is 1. The van der Waals surface area contributed by atoms with Crippen LogP contribution in [-0.2, 0) is 9.59 Å². The van der Waals surface area contributed by atoms with Crippen molar-refractivity contribution in [2.24, 2.45) is 0 Å². The third kappa shape index (κ3) is 3.54. The SMILES string of the molecule is O=C([O-])CN1C(=O)/C(=C\c2cccc(I)c2)SC1=S. The molecular formula is C12H7INO3S2-. The number of carbonyl (C=O) groups is 2. The first-order valence-corrected chi connectivity index (χ1v) is 7.48. The molecule has 0 aliphatic carbocycles. The molecule has 1 heterocycles. The highest BCUT2D eigenvalue weighted by Crippen LogP contribution is 2.32. The molecular weight excluding hydrogens is 397 g/mol. The summed E-state index contributed by atoms with van der Waals surface area (Å²) in [4.78, 5) is 24.0. The van der Waals surface area contributed by atoms with Crippen molar-refractivity contribution >= 4 is 68.8 Å². The Morgan fingerprint density at radius 1 is 1.53 bits per heavy atom. The summed E-state index contributed by atoms with van der Waals surface area (Å²) >= 11 is 8.27. The predicted octanol–water partition coefficient (Wildman–Crippen LogP) is 1.24. The van der Waals surface area contributed by atoms with Crippen LogP contribution in [0.4, 0.5) is 0 Å². The predicted molar refractivity (Wildman–Crippen MR) is 84.0 cm³/mol. The first kappa shape index (κ1) is 14.5. The maximum absolute atomic E-state index is 12.0. The van der Waals surface area contributed by atoms with Crippen LogP contribution in [0.25, 0.3) is 6.08 Å². The summed E-state index contributed by atoms with van der Waals surface area (Å²) in [7, 11) is 0. The van der Waals surface area contributed by atoms with E-state index in [1.54, 1.807) is 6.08 Å². The van der Waals surface area contributed by atoms with Gasteiger partial charge in [0.25, 0.3) is 5.91 Å². The fraction of sp³-hybridized carbons (Fsp3) is 0.0833. The van der Waals surface area contributed by atoms with Crippen molar-refractivity contribution in [3.63, 3.8) is 0 Å². The molecule has 1 saturated heterocycles. The number of halogens is 1. The lowest BCUT2D eigenvalue weighted by atomic mass is 10.2. The van der Waals surface area contributed by atoms with Gasteiger partial charge in [0.1, 0.15) is 4.32 Å². The molecule has 1 fully saturated rings. The number of hydrogen-bond donors (Lipinski definition) is 0. The van der Waals surface area contributed by atoms with Crippen LogP contribution in [0.1, 0.15) is 5.56 Å². The number of carboxylic acids is 1. The summed E-state index contributed by atoms with van der Waals surface area (Å²) in [6, 6.07) is 7.62. The van der Waals surface area contributed by atoms with Gasteiger partial charge >= 0.3 is 0 Å². The lowest BCUT2D eigenvalue weighted by Crippen LogP contribution is -2.40. The lowest BCUT2D eigenvalue weighted by molar-refractivity contribution is -0.305. The van der Waals surface area contributed by atoms with Crippen molar-refractivity contribution < 1.29 is 14.7 Å². The molecule has 2 rings (SSSR count). The van der Waals surface area contributed by atoms with Gasteiger partial charge in [0, 0.05) is 3.57 Å². The van der Waals surface area contributed by atoms with E-state index in [0.717, 1.165) is 25.8 Å². The van der Waals surface area contributed by atoms with E-state index < -0.39 is 18.4 Å². The molecule has 1 aliphatic heterocycles. The van der Waals surface area contributed by atoms with Crippen LogP contribution >= 0.6 is 46.6 Å². The summed E-state index contributed by atoms with van der Waals surface area (Å²) in [6.45, 7) is -0.506. The first-order valence-electron chi connectivity index (χ1n) is 5.18. The van der Waals surface area contributed by atoms with Gasteiger partial charge < -0.3 is 9.90 Å². The van der Waals surface area contributed by atoms with Crippen molar-refractivity contribution in [2.75, 3.05) is 6.54 Å². The zero-order valence-electron chi connectivity index (χ0n) is 9.46. The van der Waals surface area contributed by atoms with Crippen molar-refractivity contribution in [2.45, 2.75) is 0 Å². The average Bonchev–Trinajstić information content (AvgIpc) is 2.57. The van der Waals surface area contributed by atoms with Crippen LogP contribution in [0.15, 0.2) is 29.2 Å². The Bertz CT molecular complexity index is 600. The second kappa shape index (κ2) is 6.02. The highest BCUT2D eigenvalue weighted by Gasteiger charge is 2.31. The molecule has 0 spiro atoms. The lowest BCUT2D eigenvalue weighted by Gasteiger charge is -2.14. The van der Waals surface area contributed by atoms with E-state index in [2.05, 4.69) is 22.6 Å². The third-order valence-corrected chi connectivity index (χ3v) is 4.36. The molecule has 0 atom stereocenters. The molecule has 1 aromatic rings. The number of rotatable bonds is 3. The van der Waals surface area contributed by atoms with E-state index in [9.17, 15) is 14.7 Å². The van der Waals surface area contributed by atoms with Gasteiger partial charge in [-0.25, -0.2) is 0 Å². The van der Waals surface area contributed by atoms with Crippen LogP contribution in [0, 0.1) is 3.57 Å². The Balaban J connectivity index is 2.25. The van der Waals surface area contributed by atoms with E-state index in [1.807, 2.05) is 24.3 Å². The van der Waals surface area contributed by atoms with E-state index >= 15 is 0 Å². The fourth-order valence-corrected chi connectivity index (χ4v) is 3.34. The van der Waals surface area contributed by atoms with Gasteiger partial charge in [-0.15, -0.1) is 0 Å². The molecule has 1 aliphatic rings. The topological polar surface area (TPSA) is 60.4 Å². The van der Waals surface area contributed by atoms with Crippen LogP contribution in [0.5, 0.6) is 0 Å². The molecule has 19 heavy (non-hydrogen) atoms. The Morgan fingerprint density at radius 2 is 2.26 bits per heavy atom. The zero-order valence-corrected chi connectivity index (χ0v) is 13.3. The number of hydrogen-bond acceptors (Lipinski definition) is 5. The largest absolute Gasteiger partial charge is 0.548 e. The number of benzene rings is 1. The molecule has 0 N–H and O–H groups in total. The average molecular weight is 404 g/mol. The van der Waals surface area contributed by atoms with Crippen LogP contribution in [-0.4, -0.2) is 27.6 Å². The minimum absolute atomic E-state index is 0.242. The van der Waals surface area contributed by atoms with Gasteiger partial charge in [-0.05, 0) is 46.4 Å². The summed E-state index contributed by atoms with van der Waals surface area (Å²) in [6.07, 6.45) is 1.71. The summed E-state index contributed by atoms with van der Waals surface area (Å²) in [5.74, 6) is -1.72. The van der Waals surface area contributed by atoms with E-state index in [0.29, 0.717) is 4.91 Å². The van der Waals surface area contributed by atoms with Gasteiger partial charge in [0.2, 0.25) is 0 Å². The third-order valence-electron chi connectivity index (χ3n) is 2.31. The number of carbonyl (C=O) groups excluding carboxylic acids is 2. The molecule has 0 saturated carbocycles. The molecule has 7 heteroatoms. The Kier molecular flexibility index (Phi) is 4.58. The van der Waals surface area contributed by atoms with Crippen molar-refractivity contribution in [3.05, 3.63) is 38.3 Å². The first-order chi connectivity index (χ1) is 8.97. The highest BCUT2D eigenvalue weighted by atomic mass is 127. The summed E-state index contributed by atoms with van der Waals surface area (Å²) in [5, 5.41) is 10.6. The number of thiocarbonyl (C=S) groups is 1. The molecule has 0 radical (unpaired) electrons. The normalized spacial score (nSPS) is 17.3. The van der Waals surface area contributed by atoms with E-state index in [1.165, 1.54) is 0 Å². The van der Waals surface area contributed by atoms with Crippen molar-refractivity contribution in [3.8, 4) is 0 Å². The van der Waals surface area contributed by atoms with Crippen LogP contribution in [0.3, 0.4) is 0 Å². The number of thioether (sulfide) groups is 1. The molecule has 1 aromatic carbocycles. The minimum Gasteiger partial charge on any atom is -0.548 e. The number of nitrogens with zero attached hydrogens (tertiary/aromatic N) is 1. The maximum atomic E-state index is 12.0. The standard InChI is InChI=1S/C12H8INO3S2/c13-8-3-1-2-7(4-8)5-9-11(17)14(6-10(15)16)12(18)19-9/h1-5H,6H2,(H,15,16)/p-1/b9-5+.